The normalized spacial score (nSPS) is 22.5. The lowest BCUT2D eigenvalue weighted by Gasteiger charge is -2.42. The quantitative estimate of drug-likeness (QED) is 0.648. The summed E-state index contributed by atoms with van der Waals surface area (Å²) in [6.45, 7) is 1.76. The number of carbonyl (C=O) groups is 2. The fraction of sp³-hybridized carbons (Fsp3) is 0.417. The Morgan fingerprint density at radius 3 is 2.62 bits per heavy atom. The maximum absolute atomic E-state index is 13.2. The minimum absolute atomic E-state index is 0.0694. The molecule has 2 heterocycles. The van der Waals surface area contributed by atoms with Crippen LogP contribution in [0.5, 0.6) is 5.75 Å². The van der Waals surface area contributed by atoms with Crippen molar-refractivity contribution in [1.29, 1.82) is 0 Å². The third-order valence-electron chi connectivity index (χ3n) is 6.14. The van der Waals surface area contributed by atoms with E-state index in [2.05, 4.69) is 10.0 Å². The summed E-state index contributed by atoms with van der Waals surface area (Å²) in [7, 11) is -1.76. The van der Waals surface area contributed by atoms with E-state index < -0.39 is 10.0 Å². The molecule has 2 N–H and O–H groups in total. The van der Waals surface area contributed by atoms with Gasteiger partial charge in [0.05, 0.1) is 29.9 Å². The van der Waals surface area contributed by atoms with E-state index in [4.69, 9.17) is 9.47 Å². The molecule has 2 aliphatic heterocycles. The van der Waals surface area contributed by atoms with Gasteiger partial charge in [0.25, 0.3) is 5.91 Å². The molecule has 4 rings (SSSR count). The molecule has 2 aromatic carbocycles. The van der Waals surface area contributed by atoms with Crippen molar-refractivity contribution in [3.05, 3.63) is 54.1 Å². The van der Waals surface area contributed by atoms with E-state index in [0.29, 0.717) is 29.8 Å². The SMILES string of the molecule is CCS(=O)(=O)Nc1ccc2c(c1)C(=O)N(C)[C@@H]1CC[C@H](CC(=O)Nc3ccccc3)O[C@@H]1CO2. The van der Waals surface area contributed by atoms with Crippen molar-refractivity contribution in [1.82, 2.24) is 4.90 Å². The number of amides is 2. The molecule has 0 spiro atoms. The largest absolute Gasteiger partial charge is 0.490 e. The Kier molecular flexibility index (Phi) is 7.08. The number of nitrogens with zero attached hydrogens (tertiary/aromatic N) is 1. The van der Waals surface area contributed by atoms with Gasteiger partial charge in [0.2, 0.25) is 15.9 Å². The molecule has 0 saturated carbocycles. The molecule has 3 atom stereocenters. The lowest BCUT2D eigenvalue weighted by molar-refractivity contribution is -0.130. The number of benzene rings is 2. The lowest BCUT2D eigenvalue weighted by Crippen LogP contribution is -2.53. The van der Waals surface area contributed by atoms with Crippen molar-refractivity contribution in [3.8, 4) is 5.75 Å². The number of anilines is 2. The van der Waals surface area contributed by atoms with Crippen LogP contribution in [0, 0.1) is 0 Å². The van der Waals surface area contributed by atoms with Crippen LogP contribution in [0.2, 0.25) is 0 Å². The van der Waals surface area contributed by atoms with Crippen LogP contribution < -0.4 is 14.8 Å². The third-order valence-corrected chi connectivity index (χ3v) is 7.44. The first-order chi connectivity index (χ1) is 16.3. The highest BCUT2D eigenvalue weighted by Crippen LogP contribution is 2.32. The fourth-order valence-corrected chi connectivity index (χ4v) is 4.91. The first-order valence-corrected chi connectivity index (χ1v) is 13.0. The number of carbonyl (C=O) groups excluding carboxylic acids is 2. The zero-order valence-corrected chi connectivity index (χ0v) is 20.0. The standard InChI is InChI=1S/C24H29N3O6S/c1-3-34(30,31)26-17-9-12-21-19(13-17)24(29)27(2)20-11-10-18(33-22(20)15-32-21)14-23(28)25-16-7-5-4-6-8-16/h4-9,12-13,18,20,22,26H,3,10-11,14-15H2,1-2H3,(H,25,28)/t18-,20-,22-/m1/s1. The second-order valence-electron chi connectivity index (χ2n) is 8.50. The van der Waals surface area contributed by atoms with Crippen molar-refractivity contribution in [2.75, 3.05) is 29.4 Å². The summed E-state index contributed by atoms with van der Waals surface area (Å²) in [4.78, 5) is 27.3. The monoisotopic (exact) mass is 487 g/mol. The summed E-state index contributed by atoms with van der Waals surface area (Å²) in [5.41, 5.74) is 1.34. The van der Waals surface area contributed by atoms with Crippen LogP contribution in [0.4, 0.5) is 11.4 Å². The average molecular weight is 488 g/mol. The molecule has 182 valence electrons. The van der Waals surface area contributed by atoms with Gasteiger partial charge >= 0.3 is 0 Å². The van der Waals surface area contributed by atoms with Crippen LogP contribution in [0.3, 0.4) is 0 Å². The maximum Gasteiger partial charge on any atom is 0.257 e. The Hall–Kier alpha value is -3.11. The second kappa shape index (κ2) is 10.0. The number of para-hydroxylation sites is 1. The summed E-state index contributed by atoms with van der Waals surface area (Å²) in [6, 6.07) is 13.7. The number of likely N-dealkylation sites (N-methyl/N-ethyl adjacent to an activating group) is 1. The zero-order valence-electron chi connectivity index (χ0n) is 19.2. The van der Waals surface area contributed by atoms with Crippen molar-refractivity contribution in [3.63, 3.8) is 0 Å². The van der Waals surface area contributed by atoms with E-state index in [1.807, 2.05) is 30.3 Å². The van der Waals surface area contributed by atoms with Crippen LogP contribution in [-0.2, 0) is 19.6 Å². The van der Waals surface area contributed by atoms with Gasteiger partial charge in [-0.25, -0.2) is 8.42 Å². The third kappa shape index (κ3) is 5.51. The Bertz CT molecular complexity index is 1150. The smallest absolute Gasteiger partial charge is 0.257 e. The number of ether oxygens (including phenoxy) is 2. The van der Waals surface area contributed by atoms with E-state index in [1.165, 1.54) is 6.07 Å². The molecule has 0 radical (unpaired) electrons. The van der Waals surface area contributed by atoms with Gasteiger partial charge in [-0.1, -0.05) is 18.2 Å². The molecular formula is C24H29N3O6S. The molecule has 0 unspecified atom stereocenters. The van der Waals surface area contributed by atoms with Gasteiger partial charge in [0, 0.05) is 18.4 Å². The maximum atomic E-state index is 13.2. The van der Waals surface area contributed by atoms with Gasteiger partial charge in [-0.2, -0.15) is 0 Å². The van der Waals surface area contributed by atoms with E-state index in [1.54, 1.807) is 31.0 Å². The molecule has 2 amide bonds. The zero-order chi connectivity index (χ0) is 24.3. The molecule has 0 bridgehead atoms. The summed E-state index contributed by atoms with van der Waals surface area (Å²) >= 11 is 0. The highest BCUT2D eigenvalue weighted by atomic mass is 32.2. The van der Waals surface area contributed by atoms with Crippen LogP contribution in [0.15, 0.2) is 48.5 Å². The Morgan fingerprint density at radius 2 is 1.88 bits per heavy atom. The fourth-order valence-electron chi connectivity index (χ4n) is 4.28. The Morgan fingerprint density at radius 1 is 1.12 bits per heavy atom. The molecule has 2 aliphatic rings. The van der Waals surface area contributed by atoms with E-state index in [0.717, 1.165) is 5.69 Å². The lowest BCUT2D eigenvalue weighted by atomic mass is 9.94. The molecule has 0 aliphatic carbocycles. The number of sulfonamides is 1. The van der Waals surface area contributed by atoms with Crippen LogP contribution in [0.1, 0.15) is 36.5 Å². The summed E-state index contributed by atoms with van der Waals surface area (Å²) < 4.78 is 38.4. The number of hydrogen-bond donors (Lipinski definition) is 2. The van der Waals surface area contributed by atoms with Gasteiger partial charge in [-0.15, -0.1) is 0 Å². The van der Waals surface area contributed by atoms with Crippen LogP contribution >= 0.6 is 0 Å². The average Bonchev–Trinajstić information content (AvgIpc) is 2.82. The summed E-state index contributed by atoms with van der Waals surface area (Å²) in [5, 5.41) is 2.87. The Labute approximate surface area is 199 Å². The van der Waals surface area contributed by atoms with E-state index in [-0.39, 0.29) is 48.8 Å². The number of hydrogen-bond acceptors (Lipinski definition) is 6. The number of nitrogens with one attached hydrogen (secondary N) is 2. The second-order valence-corrected chi connectivity index (χ2v) is 10.5. The predicted octanol–water partition coefficient (Wildman–Crippen LogP) is 2.86. The van der Waals surface area contributed by atoms with Crippen molar-refractivity contribution in [2.24, 2.45) is 0 Å². The minimum atomic E-state index is -3.47. The summed E-state index contributed by atoms with van der Waals surface area (Å²) in [5.74, 6) is -0.105. The van der Waals surface area contributed by atoms with Gasteiger partial charge in [0.1, 0.15) is 18.5 Å². The topological polar surface area (TPSA) is 114 Å². The van der Waals surface area contributed by atoms with Gasteiger partial charge in [0.15, 0.2) is 0 Å². The molecule has 1 fully saturated rings. The van der Waals surface area contributed by atoms with Crippen molar-refractivity contribution >= 4 is 33.2 Å². The number of rotatable bonds is 6. The number of fused-ring (bicyclic) bond motifs is 2. The van der Waals surface area contributed by atoms with Crippen LogP contribution in [-0.4, -0.2) is 62.8 Å². The van der Waals surface area contributed by atoms with Gasteiger partial charge < -0.3 is 19.7 Å². The molecule has 9 nitrogen and oxygen atoms in total. The minimum Gasteiger partial charge on any atom is -0.490 e. The molecule has 10 heteroatoms. The molecule has 0 aromatic heterocycles. The molecular weight excluding hydrogens is 458 g/mol. The van der Waals surface area contributed by atoms with Gasteiger partial charge in [-0.05, 0) is 50.1 Å². The first kappa shape index (κ1) is 24.0. The van der Waals surface area contributed by atoms with Crippen molar-refractivity contribution < 1.29 is 27.5 Å². The summed E-state index contributed by atoms with van der Waals surface area (Å²) in [6.07, 6.45) is 0.847. The van der Waals surface area contributed by atoms with Crippen LogP contribution in [0.25, 0.3) is 0 Å². The predicted molar refractivity (Wildman–Crippen MR) is 128 cm³/mol. The highest BCUT2D eigenvalue weighted by Gasteiger charge is 2.39. The highest BCUT2D eigenvalue weighted by molar-refractivity contribution is 7.92. The van der Waals surface area contributed by atoms with E-state index >= 15 is 0 Å². The molecule has 2 aromatic rings. The van der Waals surface area contributed by atoms with E-state index in [9.17, 15) is 18.0 Å². The Balaban J connectivity index is 1.45. The first-order valence-electron chi connectivity index (χ1n) is 11.3. The van der Waals surface area contributed by atoms with Gasteiger partial charge in [-0.3, -0.25) is 14.3 Å². The molecule has 34 heavy (non-hydrogen) atoms. The van der Waals surface area contributed by atoms with Crippen molar-refractivity contribution in [2.45, 2.75) is 44.4 Å². The molecule has 1 saturated heterocycles.